The van der Waals surface area contributed by atoms with Crippen molar-refractivity contribution in [2.75, 3.05) is 26.2 Å². The summed E-state index contributed by atoms with van der Waals surface area (Å²) in [6, 6.07) is 21.2. The first kappa shape index (κ1) is 26.1. The van der Waals surface area contributed by atoms with Crippen molar-refractivity contribution in [3.05, 3.63) is 82.9 Å². The van der Waals surface area contributed by atoms with Gasteiger partial charge in [-0.2, -0.15) is 0 Å². The first-order valence-electron chi connectivity index (χ1n) is 12.8. The second-order valence-electron chi connectivity index (χ2n) is 9.50. The minimum atomic E-state index is -0.349. The minimum absolute atomic E-state index is 0.0180. The van der Waals surface area contributed by atoms with Crippen molar-refractivity contribution in [1.82, 2.24) is 15.5 Å². The SMILES string of the molecule is CCC(CN1CCC(CNC(=O)c2ccc3cc(Cl)ccc3c2)NC(CCN)C1=O)c1ccccc1. The second-order valence-corrected chi connectivity index (χ2v) is 9.94. The lowest BCUT2D eigenvalue weighted by Gasteiger charge is -2.28. The molecule has 7 heteroatoms. The Hall–Kier alpha value is -2.93. The highest BCUT2D eigenvalue weighted by molar-refractivity contribution is 6.31. The highest BCUT2D eigenvalue weighted by atomic mass is 35.5. The van der Waals surface area contributed by atoms with Crippen LogP contribution in [0.3, 0.4) is 0 Å². The third-order valence-electron chi connectivity index (χ3n) is 7.03. The first-order valence-corrected chi connectivity index (χ1v) is 13.1. The molecule has 3 aromatic carbocycles. The molecule has 1 heterocycles. The number of hydrogen-bond donors (Lipinski definition) is 3. The number of rotatable bonds is 9. The average Bonchev–Trinajstić information content (AvgIpc) is 3.04. The van der Waals surface area contributed by atoms with Gasteiger partial charge in [0.2, 0.25) is 5.91 Å². The van der Waals surface area contributed by atoms with Gasteiger partial charge >= 0.3 is 0 Å². The van der Waals surface area contributed by atoms with E-state index in [4.69, 9.17) is 17.3 Å². The number of carbonyl (C=O) groups excluding carboxylic acids is 2. The Morgan fingerprint density at radius 2 is 1.89 bits per heavy atom. The summed E-state index contributed by atoms with van der Waals surface area (Å²) in [5.41, 5.74) is 7.70. The molecular formula is C29H35ClN4O2. The molecule has 0 aromatic heterocycles. The summed E-state index contributed by atoms with van der Waals surface area (Å²) < 4.78 is 0. The van der Waals surface area contributed by atoms with Crippen LogP contribution in [0.15, 0.2) is 66.7 Å². The molecule has 1 aliphatic heterocycles. The van der Waals surface area contributed by atoms with E-state index in [2.05, 4.69) is 29.7 Å². The molecule has 2 amide bonds. The Morgan fingerprint density at radius 3 is 2.64 bits per heavy atom. The standard InChI is InChI=1S/C29H35ClN4O2/c1-2-20(21-6-4-3-5-7-21)19-34-15-13-26(33-27(12-14-31)29(34)36)18-32-28(35)24-9-8-23-17-25(30)11-10-22(23)16-24/h3-11,16-17,20,26-27,33H,2,12-15,18-19,31H2,1H3,(H,32,35). The van der Waals surface area contributed by atoms with Crippen LogP contribution in [0.4, 0.5) is 0 Å². The molecule has 0 bridgehead atoms. The predicted octanol–water partition coefficient (Wildman–Crippen LogP) is 4.32. The molecule has 1 saturated heterocycles. The zero-order valence-electron chi connectivity index (χ0n) is 20.8. The van der Waals surface area contributed by atoms with E-state index in [1.807, 2.05) is 59.5 Å². The number of hydrogen-bond acceptors (Lipinski definition) is 4. The Balaban J connectivity index is 1.41. The van der Waals surface area contributed by atoms with Crippen molar-refractivity contribution in [2.45, 2.75) is 44.2 Å². The summed E-state index contributed by atoms with van der Waals surface area (Å²) in [5, 5.41) is 9.15. The zero-order chi connectivity index (χ0) is 25.5. The maximum absolute atomic E-state index is 13.4. The van der Waals surface area contributed by atoms with Gasteiger partial charge in [0.15, 0.2) is 0 Å². The average molecular weight is 507 g/mol. The number of nitrogens with zero attached hydrogens (tertiary/aromatic N) is 1. The molecule has 0 spiro atoms. The van der Waals surface area contributed by atoms with Gasteiger partial charge in [-0.1, -0.05) is 61.0 Å². The minimum Gasteiger partial charge on any atom is -0.350 e. The van der Waals surface area contributed by atoms with Crippen LogP contribution >= 0.6 is 11.6 Å². The fourth-order valence-electron chi connectivity index (χ4n) is 4.93. The lowest BCUT2D eigenvalue weighted by molar-refractivity contribution is -0.133. The Labute approximate surface area is 218 Å². The van der Waals surface area contributed by atoms with Crippen LogP contribution in [0.5, 0.6) is 0 Å². The van der Waals surface area contributed by atoms with E-state index in [9.17, 15) is 9.59 Å². The molecule has 4 rings (SSSR count). The molecule has 0 saturated carbocycles. The number of amides is 2. The molecule has 3 aromatic rings. The summed E-state index contributed by atoms with van der Waals surface area (Å²) >= 11 is 6.07. The third kappa shape index (κ3) is 6.44. The number of fused-ring (bicyclic) bond motifs is 1. The van der Waals surface area contributed by atoms with E-state index in [1.54, 1.807) is 0 Å². The Bertz CT molecular complexity index is 1190. The fourth-order valence-corrected chi connectivity index (χ4v) is 5.11. The van der Waals surface area contributed by atoms with Gasteiger partial charge < -0.3 is 21.3 Å². The van der Waals surface area contributed by atoms with Gasteiger partial charge in [0.05, 0.1) is 6.04 Å². The number of benzene rings is 3. The second kappa shape index (κ2) is 12.3. The summed E-state index contributed by atoms with van der Waals surface area (Å²) in [7, 11) is 0. The summed E-state index contributed by atoms with van der Waals surface area (Å²) in [6.45, 7) is 4.36. The van der Waals surface area contributed by atoms with Gasteiger partial charge in [0.25, 0.3) is 5.91 Å². The van der Waals surface area contributed by atoms with Crippen molar-refractivity contribution < 1.29 is 9.59 Å². The quantitative estimate of drug-likeness (QED) is 0.403. The van der Waals surface area contributed by atoms with Gasteiger partial charge in [-0.3, -0.25) is 9.59 Å². The lowest BCUT2D eigenvalue weighted by atomic mass is 9.95. The maximum atomic E-state index is 13.4. The van der Waals surface area contributed by atoms with E-state index in [-0.39, 0.29) is 29.8 Å². The molecule has 1 aliphatic rings. The summed E-state index contributed by atoms with van der Waals surface area (Å²) in [6.07, 6.45) is 2.28. The van der Waals surface area contributed by atoms with Crippen LogP contribution in [0.1, 0.15) is 48.0 Å². The highest BCUT2D eigenvalue weighted by Crippen LogP contribution is 2.23. The van der Waals surface area contributed by atoms with Crippen LogP contribution in [-0.4, -0.2) is 55.0 Å². The van der Waals surface area contributed by atoms with Crippen LogP contribution in [-0.2, 0) is 4.79 Å². The molecule has 0 aliphatic carbocycles. The van der Waals surface area contributed by atoms with Gasteiger partial charge in [-0.05, 0) is 66.4 Å². The number of halogens is 1. The van der Waals surface area contributed by atoms with E-state index in [1.165, 1.54) is 5.56 Å². The first-order chi connectivity index (χ1) is 17.5. The topological polar surface area (TPSA) is 87.5 Å². The molecule has 190 valence electrons. The number of nitrogens with one attached hydrogen (secondary N) is 2. The maximum Gasteiger partial charge on any atom is 0.251 e. The Morgan fingerprint density at radius 1 is 1.14 bits per heavy atom. The molecule has 6 nitrogen and oxygen atoms in total. The van der Waals surface area contributed by atoms with Gasteiger partial charge in [0.1, 0.15) is 0 Å². The smallest absolute Gasteiger partial charge is 0.251 e. The molecule has 36 heavy (non-hydrogen) atoms. The molecular weight excluding hydrogens is 472 g/mol. The fraction of sp³-hybridized carbons (Fsp3) is 0.379. The summed E-state index contributed by atoms with van der Waals surface area (Å²) in [5.74, 6) is 0.246. The van der Waals surface area contributed by atoms with Crippen molar-refractivity contribution in [3.8, 4) is 0 Å². The third-order valence-corrected chi connectivity index (χ3v) is 7.26. The molecule has 3 unspecified atom stereocenters. The van der Waals surface area contributed by atoms with Gasteiger partial charge in [0, 0.05) is 42.2 Å². The normalized spacial score (nSPS) is 19.2. The summed E-state index contributed by atoms with van der Waals surface area (Å²) in [4.78, 5) is 28.3. The predicted molar refractivity (Wildman–Crippen MR) is 146 cm³/mol. The monoisotopic (exact) mass is 506 g/mol. The van der Waals surface area contributed by atoms with Gasteiger partial charge in [-0.25, -0.2) is 0 Å². The van der Waals surface area contributed by atoms with Gasteiger partial charge in [-0.15, -0.1) is 0 Å². The molecule has 4 N–H and O–H groups in total. The molecule has 0 radical (unpaired) electrons. The number of nitrogens with two attached hydrogens (primary N) is 1. The highest BCUT2D eigenvalue weighted by Gasteiger charge is 2.31. The lowest BCUT2D eigenvalue weighted by Crippen LogP contribution is -2.49. The van der Waals surface area contributed by atoms with E-state index in [0.717, 1.165) is 23.6 Å². The van der Waals surface area contributed by atoms with Crippen molar-refractivity contribution in [1.29, 1.82) is 0 Å². The van der Waals surface area contributed by atoms with Crippen molar-refractivity contribution >= 4 is 34.2 Å². The molecule has 3 atom stereocenters. The van der Waals surface area contributed by atoms with Crippen LogP contribution in [0.25, 0.3) is 10.8 Å². The Kier molecular flexibility index (Phi) is 8.97. The molecule has 1 fully saturated rings. The van der Waals surface area contributed by atoms with Crippen LogP contribution in [0, 0.1) is 0 Å². The van der Waals surface area contributed by atoms with E-state index >= 15 is 0 Å². The van der Waals surface area contributed by atoms with E-state index < -0.39 is 0 Å². The zero-order valence-corrected chi connectivity index (χ0v) is 21.5. The van der Waals surface area contributed by atoms with Crippen LogP contribution < -0.4 is 16.4 Å². The van der Waals surface area contributed by atoms with Crippen molar-refractivity contribution in [2.24, 2.45) is 5.73 Å². The number of carbonyl (C=O) groups is 2. The van der Waals surface area contributed by atoms with E-state index in [0.29, 0.717) is 43.2 Å². The van der Waals surface area contributed by atoms with Crippen LogP contribution in [0.2, 0.25) is 5.02 Å². The van der Waals surface area contributed by atoms with Crippen molar-refractivity contribution in [3.63, 3.8) is 0 Å². The largest absolute Gasteiger partial charge is 0.350 e.